The molecule has 1 fully saturated rings. The van der Waals surface area contributed by atoms with Crippen LogP contribution in [0.4, 0.5) is 5.69 Å². The summed E-state index contributed by atoms with van der Waals surface area (Å²) in [6, 6.07) is 14.0. The maximum Gasteiger partial charge on any atom is 0.292 e. The van der Waals surface area contributed by atoms with Crippen molar-refractivity contribution in [3.05, 3.63) is 59.1 Å². The van der Waals surface area contributed by atoms with E-state index in [0.29, 0.717) is 23.0 Å². The van der Waals surface area contributed by atoms with Crippen molar-refractivity contribution in [3.63, 3.8) is 0 Å². The van der Waals surface area contributed by atoms with Crippen molar-refractivity contribution in [3.8, 4) is 5.75 Å². The summed E-state index contributed by atoms with van der Waals surface area (Å²) in [5.41, 5.74) is 1.63. The Kier molecular flexibility index (Phi) is 4.83. The first-order valence-electron chi connectivity index (χ1n) is 7.67. The van der Waals surface area contributed by atoms with Crippen LogP contribution in [0.5, 0.6) is 5.75 Å². The number of ether oxygens (including phenoxy) is 1. The quantitative estimate of drug-likeness (QED) is 0.840. The highest BCUT2D eigenvalue weighted by Crippen LogP contribution is 2.24. The van der Waals surface area contributed by atoms with Gasteiger partial charge in [0.1, 0.15) is 12.3 Å². The molecule has 124 valence electrons. The first-order valence-corrected chi connectivity index (χ1v) is 8.05. The summed E-state index contributed by atoms with van der Waals surface area (Å²) in [5, 5.41) is 2.57. The molecule has 6 heteroatoms. The Balaban J connectivity index is 1.67. The van der Waals surface area contributed by atoms with Crippen molar-refractivity contribution in [1.82, 2.24) is 0 Å². The molecule has 2 amide bonds. The van der Waals surface area contributed by atoms with Gasteiger partial charge in [-0.05, 0) is 36.4 Å². The predicted molar refractivity (Wildman–Crippen MR) is 91.0 cm³/mol. The van der Waals surface area contributed by atoms with Gasteiger partial charge in [0.25, 0.3) is 5.91 Å². The zero-order valence-corrected chi connectivity index (χ0v) is 14.0. The molecular weight excluding hydrogens is 328 g/mol. The van der Waals surface area contributed by atoms with Crippen molar-refractivity contribution in [2.75, 3.05) is 12.0 Å². The number of benzene rings is 2. The highest BCUT2D eigenvalue weighted by Gasteiger charge is 2.42. The van der Waals surface area contributed by atoms with Crippen LogP contribution in [0.15, 0.2) is 48.5 Å². The van der Waals surface area contributed by atoms with Crippen molar-refractivity contribution in [2.45, 2.75) is 19.0 Å². The van der Waals surface area contributed by atoms with Crippen LogP contribution in [0.2, 0.25) is 5.02 Å². The normalized spacial score (nSPS) is 17.4. The van der Waals surface area contributed by atoms with Crippen LogP contribution >= 0.6 is 11.6 Å². The third kappa shape index (κ3) is 3.42. The second-order valence-corrected chi connectivity index (χ2v) is 6.08. The lowest BCUT2D eigenvalue weighted by Gasteiger charge is -2.14. The van der Waals surface area contributed by atoms with Crippen LogP contribution in [-0.2, 0) is 16.1 Å². The molecule has 2 N–H and O–H groups in total. The van der Waals surface area contributed by atoms with Gasteiger partial charge in [0.2, 0.25) is 5.91 Å². The Morgan fingerprint density at radius 2 is 1.79 bits per heavy atom. The number of halogens is 1. The zero-order valence-electron chi connectivity index (χ0n) is 13.2. The predicted octanol–water partition coefficient (Wildman–Crippen LogP) is 1.74. The molecule has 5 nitrogen and oxygen atoms in total. The minimum absolute atomic E-state index is 0.178. The highest BCUT2D eigenvalue weighted by atomic mass is 35.5. The molecule has 2 aromatic rings. The van der Waals surface area contributed by atoms with Crippen LogP contribution in [0, 0.1) is 0 Å². The van der Waals surface area contributed by atoms with Gasteiger partial charge in [-0.25, -0.2) is 4.90 Å². The maximum atomic E-state index is 12.6. The molecule has 0 saturated carbocycles. The Labute approximate surface area is 145 Å². The number of hydrogen-bond acceptors (Lipinski definition) is 3. The van der Waals surface area contributed by atoms with Gasteiger partial charge in [-0.3, -0.25) is 9.59 Å². The van der Waals surface area contributed by atoms with E-state index in [-0.39, 0.29) is 18.2 Å². The van der Waals surface area contributed by atoms with E-state index in [1.807, 2.05) is 29.6 Å². The summed E-state index contributed by atoms with van der Waals surface area (Å²) >= 11 is 5.87. The number of amides is 2. The van der Waals surface area contributed by atoms with Gasteiger partial charge >= 0.3 is 0 Å². The second-order valence-electron chi connectivity index (χ2n) is 5.64. The first kappa shape index (κ1) is 16.5. The lowest BCUT2D eigenvalue weighted by Crippen LogP contribution is -2.90. The topological polar surface area (TPSA) is 63.2 Å². The van der Waals surface area contributed by atoms with E-state index < -0.39 is 6.04 Å². The van der Waals surface area contributed by atoms with E-state index >= 15 is 0 Å². The molecule has 3 rings (SSSR count). The maximum absolute atomic E-state index is 12.6. The number of quaternary nitrogens is 1. The minimum atomic E-state index is -0.393. The van der Waals surface area contributed by atoms with E-state index in [1.54, 1.807) is 31.4 Å². The molecule has 0 aliphatic carbocycles. The van der Waals surface area contributed by atoms with Crippen LogP contribution in [0.25, 0.3) is 0 Å². The van der Waals surface area contributed by atoms with Gasteiger partial charge in [0.15, 0.2) is 6.04 Å². The van der Waals surface area contributed by atoms with Crippen LogP contribution in [0.1, 0.15) is 12.0 Å². The highest BCUT2D eigenvalue weighted by molar-refractivity contribution is 6.30. The lowest BCUT2D eigenvalue weighted by molar-refractivity contribution is -0.690. The summed E-state index contributed by atoms with van der Waals surface area (Å²) < 4.78 is 5.10. The molecule has 0 bridgehead atoms. The summed E-state index contributed by atoms with van der Waals surface area (Å²) in [7, 11) is 1.57. The average Bonchev–Trinajstić information content (AvgIpc) is 2.88. The summed E-state index contributed by atoms with van der Waals surface area (Å²) in [6.45, 7) is 0.622. The van der Waals surface area contributed by atoms with Gasteiger partial charge in [0, 0.05) is 10.6 Å². The average molecular weight is 346 g/mol. The van der Waals surface area contributed by atoms with Crippen molar-refractivity contribution in [1.29, 1.82) is 0 Å². The van der Waals surface area contributed by atoms with E-state index in [9.17, 15) is 9.59 Å². The van der Waals surface area contributed by atoms with Gasteiger partial charge < -0.3 is 10.1 Å². The van der Waals surface area contributed by atoms with E-state index in [0.717, 1.165) is 5.56 Å². The monoisotopic (exact) mass is 345 g/mol. The molecule has 0 aromatic heterocycles. The van der Waals surface area contributed by atoms with Gasteiger partial charge in [-0.2, -0.15) is 0 Å². The largest absolute Gasteiger partial charge is 0.497 e. The molecule has 1 saturated heterocycles. The third-order valence-corrected chi connectivity index (χ3v) is 4.32. The van der Waals surface area contributed by atoms with Gasteiger partial charge in [-0.1, -0.05) is 23.7 Å². The number of rotatable bonds is 5. The molecule has 0 spiro atoms. The van der Waals surface area contributed by atoms with Gasteiger partial charge in [-0.15, -0.1) is 0 Å². The molecule has 1 heterocycles. The number of methoxy groups -OCH3 is 1. The van der Waals surface area contributed by atoms with Crippen molar-refractivity contribution >= 4 is 29.1 Å². The SMILES string of the molecule is COc1ccc(N2C(=O)C[C@H]([NH2+]Cc3ccc(Cl)cc3)C2=O)cc1. The fourth-order valence-corrected chi connectivity index (χ4v) is 2.87. The summed E-state index contributed by atoms with van der Waals surface area (Å²) in [6.07, 6.45) is 0.207. The summed E-state index contributed by atoms with van der Waals surface area (Å²) in [5.74, 6) is 0.324. The third-order valence-electron chi connectivity index (χ3n) is 4.06. The standard InChI is InChI=1S/C18H17ClN2O3/c1-24-15-8-6-14(7-9-15)21-17(22)10-16(18(21)23)20-11-12-2-4-13(19)5-3-12/h2-9,16,20H,10-11H2,1H3/p+1/t16-/m0/s1. The number of anilines is 1. The molecule has 1 atom stereocenters. The fraction of sp³-hybridized carbons (Fsp3) is 0.222. The molecule has 1 aliphatic rings. The number of nitrogens with two attached hydrogens (primary N) is 1. The number of imide groups is 1. The smallest absolute Gasteiger partial charge is 0.292 e. The van der Waals surface area contributed by atoms with Gasteiger partial charge in [0.05, 0.1) is 19.2 Å². The molecule has 0 radical (unpaired) electrons. The molecular formula is C18H18ClN2O3+. The van der Waals surface area contributed by atoms with E-state index in [1.165, 1.54) is 4.90 Å². The Hall–Kier alpha value is -2.37. The molecule has 0 unspecified atom stereocenters. The fourth-order valence-electron chi connectivity index (χ4n) is 2.74. The Morgan fingerprint density at radius 3 is 2.42 bits per heavy atom. The number of carbonyl (C=O) groups is 2. The number of carbonyl (C=O) groups excluding carboxylic acids is 2. The van der Waals surface area contributed by atoms with Crippen molar-refractivity contribution in [2.24, 2.45) is 0 Å². The van der Waals surface area contributed by atoms with E-state index in [2.05, 4.69) is 0 Å². The van der Waals surface area contributed by atoms with Crippen LogP contribution in [0.3, 0.4) is 0 Å². The Bertz CT molecular complexity index is 744. The number of hydrogen-bond donors (Lipinski definition) is 1. The Morgan fingerprint density at radius 1 is 1.12 bits per heavy atom. The molecule has 1 aliphatic heterocycles. The zero-order chi connectivity index (χ0) is 17.1. The summed E-state index contributed by atoms with van der Waals surface area (Å²) in [4.78, 5) is 26.1. The van der Waals surface area contributed by atoms with Crippen LogP contribution < -0.4 is 15.0 Å². The van der Waals surface area contributed by atoms with E-state index in [4.69, 9.17) is 16.3 Å². The minimum Gasteiger partial charge on any atom is -0.497 e. The van der Waals surface area contributed by atoms with Crippen LogP contribution in [-0.4, -0.2) is 25.0 Å². The lowest BCUT2D eigenvalue weighted by atomic mass is 10.2. The molecule has 24 heavy (non-hydrogen) atoms. The molecule has 2 aromatic carbocycles. The number of nitrogens with zero attached hydrogens (tertiary/aromatic N) is 1. The first-order chi connectivity index (χ1) is 11.6. The second kappa shape index (κ2) is 7.03. The van der Waals surface area contributed by atoms with Crippen molar-refractivity contribution < 1.29 is 19.6 Å².